The average molecular weight is 301 g/mol. The molecule has 0 aliphatic heterocycles. The molecule has 0 aromatic carbocycles. The molecule has 0 bridgehead atoms. The molecule has 1 heterocycles. The molecule has 0 fully saturated rings. The largest absolute Gasteiger partial charge is 0.393 e. The van der Waals surface area contributed by atoms with E-state index in [-0.39, 0.29) is 17.9 Å². The van der Waals surface area contributed by atoms with Crippen molar-refractivity contribution in [2.24, 2.45) is 5.92 Å². The molecule has 0 aliphatic rings. The molecule has 1 atom stereocenters. The number of nitrogens with zero attached hydrogens (tertiary/aromatic N) is 1. The number of aliphatic hydroxyl groups excluding tert-OH is 1. The minimum absolute atomic E-state index is 0.206. The summed E-state index contributed by atoms with van der Waals surface area (Å²) in [6.07, 6.45) is 1.76. The van der Waals surface area contributed by atoms with E-state index in [0.717, 1.165) is 4.47 Å². The highest BCUT2D eigenvalue weighted by Gasteiger charge is 2.10. The van der Waals surface area contributed by atoms with Crippen LogP contribution in [0.5, 0.6) is 0 Å². The molecular formula is C12H17BrN2O2. The van der Waals surface area contributed by atoms with Gasteiger partial charge in [0.15, 0.2) is 0 Å². The third-order valence-electron chi connectivity index (χ3n) is 2.46. The van der Waals surface area contributed by atoms with Gasteiger partial charge < -0.3 is 10.4 Å². The normalized spacial score (nSPS) is 12.5. The first-order valence-corrected chi connectivity index (χ1v) is 6.38. The molecule has 4 nitrogen and oxygen atoms in total. The monoisotopic (exact) mass is 300 g/mol. The van der Waals surface area contributed by atoms with Gasteiger partial charge in [0.05, 0.1) is 6.10 Å². The second-order valence-corrected chi connectivity index (χ2v) is 5.13. The fourth-order valence-electron chi connectivity index (χ4n) is 1.27. The van der Waals surface area contributed by atoms with Crippen LogP contribution in [0.4, 0.5) is 0 Å². The van der Waals surface area contributed by atoms with Crippen LogP contribution in [0.25, 0.3) is 0 Å². The van der Waals surface area contributed by atoms with Crippen LogP contribution in [0.15, 0.2) is 22.8 Å². The van der Waals surface area contributed by atoms with E-state index in [1.54, 1.807) is 18.3 Å². The van der Waals surface area contributed by atoms with Crippen LogP contribution in [-0.4, -0.2) is 28.6 Å². The zero-order valence-electron chi connectivity index (χ0n) is 9.98. The summed E-state index contributed by atoms with van der Waals surface area (Å²) in [4.78, 5) is 15.6. The second kappa shape index (κ2) is 6.71. The van der Waals surface area contributed by atoms with E-state index in [1.807, 2.05) is 13.8 Å². The number of carbonyl (C=O) groups excluding carboxylic acids is 1. The molecule has 2 N–H and O–H groups in total. The van der Waals surface area contributed by atoms with Crippen LogP contribution >= 0.6 is 15.9 Å². The fraction of sp³-hybridized carbons (Fsp3) is 0.500. The van der Waals surface area contributed by atoms with E-state index in [1.165, 1.54) is 0 Å². The molecule has 0 radical (unpaired) electrons. The standard InChI is InChI=1S/C12H17BrN2O2/c1-8(2)11(16)5-6-14-12(17)10-4-3-9(13)7-15-10/h3-4,7-8,11,16H,5-6H2,1-2H3,(H,14,17). The quantitative estimate of drug-likeness (QED) is 0.874. The van der Waals surface area contributed by atoms with Crippen LogP contribution in [0.1, 0.15) is 30.8 Å². The highest BCUT2D eigenvalue weighted by molar-refractivity contribution is 9.10. The van der Waals surface area contributed by atoms with Gasteiger partial charge in [0.1, 0.15) is 5.69 Å². The average Bonchev–Trinajstić information content (AvgIpc) is 2.29. The van der Waals surface area contributed by atoms with Crippen molar-refractivity contribution in [2.75, 3.05) is 6.54 Å². The lowest BCUT2D eigenvalue weighted by Gasteiger charge is -2.14. The Hall–Kier alpha value is -0.940. The molecule has 0 saturated carbocycles. The van der Waals surface area contributed by atoms with Gasteiger partial charge in [-0.05, 0) is 40.4 Å². The van der Waals surface area contributed by atoms with E-state index in [4.69, 9.17) is 0 Å². The molecule has 1 aromatic rings. The van der Waals surface area contributed by atoms with E-state index < -0.39 is 0 Å². The Morgan fingerprint density at radius 1 is 1.53 bits per heavy atom. The number of hydrogen-bond donors (Lipinski definition) is 2. The first-order chi connectivity index (χ1) is 8.00. The highest BCUT2D eigenvalue weighted by Crippen LogP contribution is 2.07. The summed E-state index contributed by atoms with van der Waals surface area (Å²) in [5.41, 5.74) is 0.382. The maximum Gasteiger partial charge on any atom is 0.269 e. The van der Waals surface area contributed by atoms with E-state index >= 15 is 0 Å². The SMILES string of the molecule is CC(C)C(O)CCNC(=O)c1ccc(Br)cn1. The van der Waals surface area contributed by atoms with Gasteiger partial charge >= 0.3 is 0 Å². The van der Waals surface area contributed by atoms with Gasteiger partial charge in [-0.3, -0.25) is 4.79 Å². The molecule has 0 spiro atoms. The van der Waals surface area contributed by atoms with Crippen LogP contribution in [-0.2, 0) is 0 Å². The summed E-state index contributed by atoms with van der Waals surface area (Å²) in [6, 6.07) is 3.42. The lowest BCUT2D eigenvalue weighted by Crippen LogP contribution is -2.29. The lowest BCUT2D eigenvalue weighted by atomic mass is 10.0. The maximum atomic E-state index is 11.6. The summed E-state index contributed by atoms with van der Waals surface area (Å²) in [5, 5.41) is 12.3. The summed E-state index contributed by atoms with van der Waals surface area (Å²) < 4.78 is 0.837. The van der Waals surface area contributed by atoms with Crippen molar-refractivity contribution >= 4 is 21.8 Å². The van der Waals surface area contributed by atoms with Crippen molar-refractivity contribution in [3.8, 4) is 0 Å². The molecule has 0 aliphatic carbocycles. The van der Waals surface area contributed by atoms with Gasteiger partial charge in [0.2, 0.25) is 0 Å². The minimum Gasteiger partial charge on any atom is -0.393 e. The molecule has 5 heteroatoms. The summed E-state index contributed by atoms with van der Waals surface area (Å²) in [5.74, 6) is -0.00818. The number of carbonyl (C=O) groups is 1. The first-order valence-electron chi connectivity index (χ1n) is 5.58. The second-order valence-electron chi connectivity index (χ2n) is 4.22. The van der Waals surface area contributed by atoms with Crippen molar-refractivity contribution in [3.05, 3.63) is 28.5 Å². The Kier molecular flexibility index (Phi) is 5.58. The van der Waals surface area contributed by atoms with Gasteiger partial charge in [-0.1, -0.05) is 13.8 Å². The number of amides is 1. The Labute approximate surface area is 110 Å². The molecule has 94 valence electrons. The maximum absolute atomic E-state index is 11.6. The zero-order valence-corrected chi connectivity index (χ0v) is 11.6. The van der Waals surface area contributed by atoms with Crippen molar-refractivity contribution < 1.29 is 9.90 Å². The number of rotatable bonds is 5. The Morgan fingerprint density at radius 2 is 2.24 bits per heavy atom. The van der Waals surface area contributed by atoms with Crippen molar-refractivity contribution in [3.63, 3.8) is 0 Å². The third kappa shape index (κ3) is 4.83. The van der Waals surface area contributed by atoms with Crippen molar-refractivity contribution in [2.45, 2.75) is 26.4 Å². The topological polar surface area (TPSA) is 62.2 Å². The van der Waals surface area contributed by atoms with Crippen LogP contribution < -0.4 is 5.32 Å². The number of aromatic nitrogens is 1. The number of hydrogen-bond acceptors (Lipinski definition) is 3. The first kappa shape index (κ1) is 14.1. The smallest absolute Gasteiger partial charge is 0.269 e. The van der Waals surface area contributed by atoms with Gasteiger partial charge in [-0.2, -0.15) is 0 Å². The predicted octanol–water partition coefficient (Wildman–Crippen LogP) is 1.98. The van der Waals surface area contributed by atoms with Crippen LogP contribution in [0.2, 0.25) is 0 Å². The molecule has 1 rings (SSSR count). The lowest BCUT2D eigenvalue weighted by molar-refractivity contribution is 0.0915. The molecule has 1 aromatic heterocycles. The Morgan fingerprint density at radius 3 is 2.76 bits per heavy atom. The van der Waals surface area contributed by atoms with Gasteiger partial charge in [-0.15, -0.1) is 0 Å². The van der Waals surface area contributed by atoms with Crippen LogP contribution in [0.3, 0.4) is 0 Å². The number of nitrogens with one attached hydrogen (secondary N) is 1. The molecular weight excluding hydrogens is 284 g/mol. The zero-order chi connectivity index (χ0) is 12.8. The fourth-order valence-corrected chi connectivity index (χ4v) is 1.50. The van der Waals surface area contributed by atoms with E-state index in [0.29, 0.717) is 18.7 Å². The number of halogens is 1. The van der Waals surface area contributed by atoms with Gasteiger partial charge in [0.25, 0.3) is 5.91 Å². The predicted molar refractivity (Wildman–Crippen MR) is 69.7 cm³/mol. The van der Waals surface area contributed by atoms with Gasteiger partial charge in [0, 0.05) is 17.2 Å². The molecule has 0 saturated heterocycles. The van der Waals surface area contributed by atoms with Crippen LogP contribution in [0, 0.1) is 5.92 Å². The van der Waals surface area contributed by atoms with E-state index in [2.05, 4.69) is 26.2 Å². The third-order valence-corrected chi connectivity index (χ3v) is 2.92. The van der Waals surface area contributed by atoms with Gasteiger partial charge in [-0.25, -0.2) is 4.98 Å². The van der Waals surface area contributed by atoms with E-state index in [9.17, 15) is 9.90 Å². The Balaban J connectivity index is 2.37. The molecule has 1 unspecified atom stereocenters. The number of pyridine rings is 1. The Bertz CT molecular complexity index is 365. The summed E-state index contributed by atoms with van der Waals surface area (Å²) in [6.45, 7) is 4.35. The molecule has 1 amide bonds. The highest BCUT2D eigenvalue weighted by atomic mass is 79.9. The minimum atomic E-state index is -0.381. The molecule has 17 heavy (non-hydrogen) atoms. The van der Waals surface area contributed by atoms with Crippen molar-refractivity contribution in [1.29, 1.82) is 0 Å². The summed E-state index contributed by atoms with van der Waals surface area (Å²) >= 11 is 3.25. The number of aliphatic hydroxyl groups is 1. The summed E-state index contributed by atoms with van der Waals surface area (Å²) in [7, 11) is 0. The van der Waals surface area contributed by atoms with Crippen molar-refractivity contribution in [1.82, 2.24) is 10.3 Å².